The van der Waals surface area contributed by atoms with Crippen molar-refractivity contribution >= 4 is 62.3 Å². The van der Waals surface area contributed by atoms with E-state index in [-0.39, 0.29) is 50.7 Å². The Morgan fingerprint density at radius 1 is 1.12 bits per heavy atom. The highest BCUT2D eigenvalue weighted by Crippen LogP contribution is 2.30. The summed E-state index contributed by atoms with van der Waals surface area (Å²) in [4.78, 5) is 18.9. The average Bonchev–Trinajstić information content (AvgIpc) is 2.75. The van der Waals surface area contributed by atoms with Gasteiger partial charge in [0.1, 0.15) is 10.6 Å². The zero-order chi connectivity index (χ0) is 24.2. The number of hydrogen-bond donors (Lipinski definition) is 4. The molecule has 10 nitrogen and oxygen atoms in total. The molecule has 2 aromatic carbocycles. The topological polar surface area (TPSA) is 148 Å². The van der Waals surface area contributed by atoms with Gasteiger partial charge in [0, 0.05) is 18.4 Å². The summed E-state index contributed by atoms with van der Waals surface area (Å²) in [7, 11) is -2.57. The van der Waals surface area contributed by atoms with E-state index in [1.54, 1.807) is 6.07 Å². The highest BCUT2D eigenvalue weighted by molar-refractivity contribution is 7.89. The monoisotopic (exact) mass is 514 g/mol. The summed E-state index contributed by atoms with van der Waals surface area (Å²) in [6, 6.07) is 8.55. The van der Waals surface area contributed by atoms with Crippen molar-refractivity contribution < 1.29 is 22.3 Å². The molecule has 0 unspecified atom stereocenters. The van der Waals surface area contributed by atoms with E-state index in [2.05, 4.69) is 25.9 Å². The fourth-order valence-electron chi connectivity index (χ4n) is 2.49. The van der Waals surface area contributed by atoms with Gasteiger partial charge >= 0.3 is 0 Å². The number of nitrogens with two attached hydrogens (primary N) is 1. The Hall–Kier alpha value is -3.19. The number of nitrogens with zero attached hydrogens (tertiary/aromatic N) is 2. The number of sulfonamides is 1. The third-order valence-corrected chi connectivity index (χ3v) is 5.76. The molecule has 0 fully saturated rings. The predicted molar refractivity (Wildman–Crippen MR) is 122 cm³/mol. The number of aromatic nitrogens is 2. The molecule has 0 atom stereocenters. The van der Waals surface area contributed by atoms with Gasteiger partial charge in [-0.25, -0.2) is 22.9 Å². The van der Waals surface area contributed by atoms with Gasteiger partial charge in [-0.3, -0.25) is 4.79 Å². The minimum absolute atomic E-state index is 0.0294. The van der Waals surface area contributed by atoms with E-state index >= 15 is 0 Å². The Labute approximate surface area is 198 Å². The molecule has 0 aliphatic rings. The zero-order valence-corrected chi connectivity index (χ0v) is 19.2. The third kappa shape index (κ3) is 6.42. The quantitative estimate of drug-likeness (QED) is 0.358. The van der Waals surface area contributed by atoms with Crippen molar-refractivity contribution in [2.75, 3.05) is 24.3 Å². The van der Waals surface area contributed by atoms with E-state index in [9.17, 15) is 17.6 Å². The summed E-state index contributed by atoms with van der Waals surface area (Å²) in [6.07, 6.45) is 0.927. The molecule has 0 spiro atoms. The van der Waals surface area contributed by atoms with Crippen LogP contribution in [0.5, 0.6) is 5.75 Å². The van der Waals surface area contributed by atoms with E-state index in [0.29, 0.717) is 5.69 Å². The number of anilines is 4. The van der Waals surface area contributed by atoms with Crippen LogP contribution in [0.4, 0.5) is 27.5 Å². The highest BCUT2D eigenvalue weighted by atomic mass is 35.5. The molecule has 0 aliphatic carbocycles. The van der Waals surface area contributed by atoms with Crippen molar-refractivity contribution in [3.05, 3.63) is 58.5 Å². The SMILES string of the molecule is CNC(=O)COc1ccc(Nc2nc(Nc3ccc(Cl)c(S(N)(=O)=O)c3)ncc2F)cc1Cl. The maximum atomic E-state index is 14.3. The highest BCUT2D eigenvalue weighted by Gasteiger charge is 2.15. The standard InChI is InChI=1S/C19H17Cl2FN6O4S/c1-24-17(29)9-32-15-5-3-10(6-13(15)21)26-18-14(22)8-25-19(28-18)27-11-2-4-12(20)16(7-11)33(23,30)31/h2-8H,9H2,1H3,(H,24,29)(H2,23,30,31)(H2,25,26,27,28). The van der Waals surface area contributed by atoms with E-state index in [1.165, 1.54) is 37.4 Å². The predicted octanol–water partition coefficient (Wildman–Crippen LogP) is 3.18. The lowest BCUT2D eigenvalue weighted by Gasteiger charge is -2.12. The van der Waals surface area contributed by atoms with Crippen LogP contribution in [0.2, 0.25) is 10.0 Å². The summed E-state index contributed by atoms with van der Waals surface area (Å²) >= 11 is 12.0. The number of amides is 1. The molecular formula is C19H17Cl2FN6O4S. The minimum Gasteiger partial charge on any atom is -0.482 e. The summed E-state index contributed by atoms with van der Waals surface area (Å²) in [5, 5.41) is 13.2. The molecule has 1 heterocycles. The van der Waals surface area contributed by atoms with Crippen molar-refractivity contribution in [2.45, 2.75) is 4.90 Å². The Balaban J connectivity index is 1.79. The summed E-state index contributed by atoms with van der Waals surface area (Å²) in [5.41, 5.74) is 0.653. The molecule has 3 aromatic rings. The molecule has 33 heavy (non-hydrogen) atoms. The first-order chi connectivity index (χ1) is 15.6. The number of benzene rings is 2. The van der Waals surface area contributed by atoms with Crippen molar-refractivity contribution in [3.8, 4) is 5.75 Å². The molecule has 0 saturated heterocycles. The first kappa shape index (κ1) is 24.5. The van der Waals surface area contributed by atoms with Crippen LogP contribution in [0.15, 0.2) is 47.5 Å². The Morgan fingerprint density at radius 2 is 1.82 bits per heavy atom. The number of nitrogens with one attached hydrogen (secondary N) is 3. The molecule has 0 bridgehead atoms. The number of halogens is 3. The van der Waals surface area contributed by atoms with Crippen LogP contribution in [0.3, 0.4) is 0 Å². The van der Waals surface area contributed by atoms with E-state index in [0.717, 1.165) is 6.20 Å². The second-order valence-corrected chi connectivity index (χ2v) is 8.78. The van der Waals surface area contributed by atoms with Gasteiger partial charge in [0.15, 0.2) is 18.2 Å². The molecule has 0 saturated carbocycles. The largest absolute Gasteiger partial charge is 0.482 e. The summed E-state index contributed by atoms with van der Waals surface area (Å²) < 4.78 is 42.8. The van der Waals surface area contributed by atoms with Crippen molar-refractivity contribution in [1.29, 1.82) is 0 Å². The molecule has 174 valence electrons. The van der Waals surface area contributed by atoms with Crippen LogP contribution >= 0.6 is 23.2 Å². The van der Waals surface area contributed by atoms with Gasteiger partial charge < -0.3 is 20.7 Å². The molecule has 0 radical (unpaired) electrons. The lowest BCUT2D eigenvalue weighted by Crippen LogP contribution is -2.24. The van der Waals surface area contributed by atoms with Gasteiger partial charge in [-0.2, -0.15) is 4.98 Å². The minimum atomic E-state index is -4.05. The third-order valence-electron chi connectivity index (χ3n) is 4.07. The van der Waals surface area contributed by atoms with Crippen molar-refractivity contribution in [1.82, 2.24) is 15.3 Å². The molecule has 5 N–H and O–H groups in total. The van der Waals surface area contributed by atoms with Gasteiger partial charge in [0.05, 0.1) is 16.2 Å². The van der Waals surface area contributed by atoms with Crippen LogP contribution in [0, 0.1) is 5.82 Å². The number of carbonyl (C=O) groups is 1. The van der Waals surface area contributed by atoms with E-state index in [1.807, 2.05) is 0 Å². The molecular weight excluding hydrogens is 498 g/mol. The first-order valence-electron chi connectivity index (χ1n) is 9.08. The van der Waals surface area contributed by atoms with Gasteiger partial charge in [-0.1, -0.05) is 23.2 Å². The zero-order valence-electron chi connectivity index (χ0n) is 16.9. The molecule has 3 rings (SSSR count). The molecule has 1 amide bonds. The van der Waals surface area contributed by atoms with Crippen LogP contribution < -0.4 is 25.8 Å². The number of hydrogen-bond acceptors (Lipinski definition) is 8. The second kappa shape index (κ2) is 10.2. The number of rotatable bonds is 8. The Kier molecular flexibility index (Phi) is 7.53. The van der Waals surface area contributed by atoms with E-state index in [4.69, 9.17) is 33.1 Å². The van der Waals surface area contributed by atoms with Crippen LogP contribution in [-0.4, -0.2) is 37.9 Å². The Bertz CT molecular complexity index is 1310. The molecule has 14 heteroatoms. The van der Waals surface area contributed by atoms with E-state index < -0.39 is 15.8 Å². The van der Waals surface area contributed by atoms with Crippen LogP contribution in [-0.2, 0) is 14.8 Å². The van der Waals surface area contributed by atoms with Gasteiger partial charge in [-0.15, -0.1) is 0 Å². The van der Waals surface area contributed by atoms with Crippen LogP contribution in [0.1, 0.15) is 0 Å². The number of primary sulfonamides is 1. The first-order valence-corrected chi connectivity index (χ1v) is 11.4. The van der Waals surface area contributed by atoms with Crippen molar-refractivity contribution in [2.24, 2.45) is 5.14 Å². The molecule has 1 aromatic heterocycles. The lowest BCUT2D eigenvalue weighted by atomic mass is 10.3. The lowest BCUT2D eigenvalue weighted by molar-refractivity contribution is -0.122. The van der Waals surface area contributed by atoms with Crippen molar-refractivity contribution in [3.63, 3.8) is 0 Å². The molecule has 0 aliphatic heterocycles. The summed E-state index contributed by atoms with van der Waals surface area (Å²) in [6.45, 7) is -0.212. The maximum absolute atomic E-state index is 14.3. The van der Waals surface area contributed by atoms with Gasteiger partial charge in [0.2, 0.25) is 16.0 Å². The second-order valence-electron chi connectivity index (χ2n) is 6.44. The smallest absolute Gasteiger partial charge is 0.257 e. The number of carbonyl (C=O) groups excluding carboxylic acids is 1. The summed E-state index contributed by atoms with van der Waals surface area (Å²) in [5.74, 6) is -1.02. The fourth-order valence-corrected chi connectivity index (χ4v) is 3.80. The maximum Gasteiger partial charge on any atom is 0.257 e. The van der Waals surface area contributed by atoms with Crippen LogP contribution in [0.25, 0.3) is 0 Å². The normalized spacial score (nSPS) is 11.1. The fraction of sp³-hybridized carbons (Fsp3) is 0.105. The number of ether oxygens (including phenoxy) is 1. The van der Waals surface area contributed by atoms with Gasteiger partial charge in [-0.05, 0) is 36.4 Å². The number of likely N-dealkylation sites (N-methyl/N-ethyl adjacent to an activating group) is 1. The van der Waals surface area contributed by atoms with Gasteiger partial charge in [0.25, 0.3) is 5.91 Å². The average molecular weight is 515 g/mol. The Morgan fingerprint density at radius 3 is 2.48 bits per heavy atom.